The molecule has 0 bridgehead atoms. The Morgan fingerprint density at radius 2 is 1.86 bits per heavy atom. The summed E-state index contributed by atoms with van der Waals surface area (Å²) in [5.41, 5.74) is -0.475. The van der Waals surface area contributed by atoms with Gasteiger partial charge in [0, 0.05) is 19.3 Å². The van der Waals surface area contributed by atoms with E-state index in [-0.39, 0.29) is 6.04 Å². The van der Waals surface area contributed by atoms with Gasteiger partial charge in [-0.25, -0.2) is 13.5 Å². The van der Waals surface area contributed by atoms with E-state index < -0.39 is 23.1 Å². The lowest BCUT2D eigenvalue weighted by molar-refractivity contribution is 0.0679. The zero-order valence-corrected chi connectivity index (χ0v) is 11.2. The van der Waals surface area contributed by atoms with Crippen LogP contribution in [0, 0.1) is 11.6 Å². The van der Waals surface area contributed by atoms with Crippen LogP contribution < -0.4 is 0 Å². The molecule has 7 heteroatoms. The Kier molecular flexibility index (Phi) is 3.64. The van der Waals surface area contributed by atoms with Crippen molar-refractivity contribution >= 4 is 5.91 Å². The van der Waals surface area contributed by atoms with Crippen LogP contribution in [0.15, 0.2) is 30.6 Å². The minimum Gasteiger partial charge on any atom is -0.338 e. The molecule has 110 valence electrons. The van der Waals surface area contributed by atoms with Crippen molar-refractivity contribution in [2.75, 3.05) is 13.1 Å². The van der Waals surface area contributed by atoms with Crippen LogP contribution in [-0.4, -0.2) is 38.9 Å². The molecule has 0 unspecified atom stereocenters. The molecule has 5 nitrogen and oxygen atoms in total. The van der Waals surface area contributed by atoms with E-state index in [1.165, 1.54) is 11.0 Å². The average molecular weight is 292 g/mol. The first-order valence-corrected chi connectivity index (χ1v) is 6.76. The van der Waals surface area contributed by atoms with Crippen molar-refractivity contribution in [2.45, 2.75) is 18.9 Å². The third kappa shape index (κ3) is 2.63. The molecule has 21 heavy (non-hydrogen) atoms. The van der Waals surface area contributed by atoms with E-state index >= 15 is 0 Å². The summed E-state index contributed by atoms with van der Waals surface area (Å²) < 4.78 is 29.0. The van der Waals surface area contributed by atoms with Gasteiger partial charge in [-0.2, -0.15) is 0 Å². The smallest absolute Gasteiger partial charge is 0.259 e. The lowest BCUT2D eigenvalue weighted by Gasteiger charge is -2.32. The fourth-order valence-electron chi connectivity index (χ4n) is 2.61. The number of hydrogen-bond acceptors (Lipinski definition) is 3. The number of amides is 1. The molecule has 0 aliphatic carbocycles. The second-order valence-electron chi connectivity index (χ2n) is 5.00. The Hall–Kier alpha value is -2.31. The monoisotopic (exact) mass is 292 g/mol. The second-order valence-corrected chi connectivity index (χ2v) is 5.00. The molecule has 1 saturated heterocycles. The molecule has 1 fully saturated rings. The molecule has 1 amide bonds. The van der Waals surface area contributed by atoms with Gasteiger partial charge in [0.05, 0.1) is 12.2 Å². The van der Waals surface area contributed by atoms with E-state index in [1.54, 1.807) is 17.1 Å². The number of nitrogens with zero attached hydrogens (tertiary/aromatic N) is 4. The Bertz CT molecular complexity index is 616. The number of benzene rings is 1. The Balaban J connectivity index is 1.71. The van der Waals surface area contributed by atoms with Crippen LogP contribution >= 0.6 is 0 Å². The zero-order valence-electron chi connectivity index (χ0n) is 11.2. The molecule has 0 radical (unpaired) electrons. The molecule has 0 spiro atoms. The predicted octanol–water partition coefficient (Wildman–Crippen LogP) is 2.03. The number of carbonyl (C=O) groups excluding carboxylic acids is 1. The lowest BCUT2D eigenvalue weighted by Crippen LogP contribution is -2.39. The summed E-state index contributed by atoms with van der Waals surface area (Å²) in [6, 6.07) is 3.61. The van der Waals surface area contributed by atoms with E-state index in [0.717, 1.165) is 12.1 Å². The van der Waals surface area contributed by atoms with Crippen molar-refractivity contribution in [2.24, 2.45) is 0 Å². The summed E-state index contributed by atoms with van der Waals surface area (Å²) in [4.78, 5) is 13.7. The fraction of sp³-hybridized carbons (Fsp3) is 0.357. The van der Waals surface area contributed by atoms with Crippen LogP contribution in [-0.2, 0) is 0 Å². The number of carbonyl (C=O) groups is 1. The molecule has 0 saturated carbocycles. The third-order valence-electron chi connectivity index (χ3n) is 3.74. The second kappa shape index (κ2) is 5.59. The van der Waals surface area contributed by atoms with Crippen molar-refractivity contribution in [3.8, 4) is 0 Å². The van der Waals surface area contributed by atoms with E-state index in [2.05, 4.69) is 10.3 Å². The van der Waals surface area contributed by atoms with E-state index in [4.69, 9.17) is 0 Å². The minimum atomic E-state index is -0.821. The van der Waals surface area contributed by atoms with E-state index in [0.29, 0.717) is 25.9 Å². The SMILES string of the molecule is O=C(c1c(F)cccc1F)N1CCC(n2ccnn2)CC1. The van der Waals surface area contributed by atoms with Gasteiger partial charge in [0.1, 0.15) is 17.2 Å². The Morgan fingerprint density at radius 1 is 1.19 bits per heavy atom. The van der Waals surface area contributed by atoms with Gasteiger partial charge >= 0.3 is 0 Å². The van der Waals surface area contributed by atoms with Crippen molar-refractivity contribution in [1.82, 2.24) is 19.9 Å². The van der Waals surface area contributed by atoms with Gasteiger partial charge in [-0.1, -0.05) is 11.3 Å². The van der Waals surface area contributed by atoms with Crippen molar-refractivity contribution in [3.05, 3.63) is 47.8 Å². The number of piperidine rings is 1. The maximum absolute atomic E-state index is 13.6. The molecule has 0 N–H and O–H groups in total. The molecular formula is C14H14F2N4O. The number of aromatic nitrogens is 3. The van der Waals surface area contributed by atoms with Crippen LogP contribution in [0.1, 0.15) is 29.2 Å². The number of rotatable bonds is 2. The van der Waals surface area contributed by atoms with Gasteiger partial charge in [-0.15, -0.1) is 5.10 Å². The number of hydrogen-bond donors (Lipinski definition) is 0. The molecule has 1 aromatic heterocycles. The molecule has 2 aromatic rings. The molecule has 3 rings (SSSR count). The van der Waals surface area contributed by atoms with Gasteiger partial charge in [0.15, 0.2) is 0 Å². The van der Waals surface area contributed by atoms with E-state index in [1.807, 2.05) is 0 Å². The highest BCUT2D eigenvalue weighted by Crippen LogP contribution is 2.23. The third-order valence-corrected chi connectivity index (χ3v) is 3.74. The summed E-state index contributed by atoms with van der Waals surface area (Å²) >= 11 is 0. The summed E-state index contributed by atoms with van der Waals surface area (Å²) in [6.07, 6.45) is 4.75. The first-order valence-electron chi connectivity index (χ1n) is 6.76. The number of halogens is 2. The molecule has 1 aliphatic rings. The maximum Gasteiger partial charge on any atom is 0.259 e. The summed E-state index contributed by atoms with van der Waals surface area (Å²) in [5.74, 6) is -2.24. The van der Waals surface area contributed by atoms with Gasteiger partial charge in [0.2, 0.25) is 0 Å². The zero-order chi connectivity index (χ0) is 14.8. The normalized spacial score (nSPS) is 16.2. The van der Waals surface area contributed by atoms with Crippen LogP contribution in [0.3, 0.4) is 0 Å². The van der Waals surface area contributed by atoms with E-state index in [9.17, 15) is 13.6 Å². The summed E-state index contributed by atoms with van der Waals surface area (Å²) in [7, 11) is 0. The van der Waals surface area contributed by atoms with Crippen LogP contribution in [0.2, 0.25) is 0 Å². The topological polar surface area (TPSA) is 51.0 Å². The van der Waals surface area contributed by atoms with Crippen LogP contribution in [0.25, 0.3) is 0 Å². The molecule has 1 aromatic carbocycles. The number of likely N-dealkylation sites (tertiary alicyclic amines) is 1. The van der Waals surface area contributed by atoms with Crippen molar-refractivity contribution in [3.63, 3.8) is 0 Å². The van der Waals surface area contributed by atoms with Gasteiger partial charge in [-0.05, 0) is 25.0 Å². The van der Waals surface area contributed by atoms with Gasteiger partial charge in [-0.3, -0.25) is 4.79 Å². The lowest BCUT2D eigenvalue weighted by atomic mass is 10.0. The summed E-state index contributed by atoms with van der Waals surface area (Å²) in [5, 5.41) is 7.69. The molecular weight excluding hydrogens is 278 g/mol. The fourth-order valence-corrected chi connectivity index (χ4v) is 2.61. The van der Waals surface area contributed by atoms with Crippen LogP contribution in [0.5, 0.6) is 0 Å². The first kappa shape index (κ1) is 13.7. The average Bonchev–Trinajstić information content (AvgIpc) is 3.01. The highest BCUT2D eigenvalue weighted by atomic mass is 19.1. The minimum absolute atomic E-state index is 0.169. The standard InChI is InChI=1S/C14H14F2N4O/c15-11-2-1-3-12(16)13(11)14(21)19-7-4-10(5-8-19)20-9-6-17-18-20/h1-3,6,9-10H,4-5,7-8H2. The largest absolute Gasteiger partial charge is 0.338 e. The summed E-state index contributed by atoms with van der Waals surface area (Å²) in [6.45, 7) is 0.883. The highest BCUT2D eigenvalue weighted by Gasteiger charge is 2.28. The first-order chi connectivity index (χ1) is 10.2. The quantitative estimate of drug-likeness (QED) is 0.851. The molecule has 1 aliphatic heterocycles. The van der Waals surface area contributed by atoms with Crippen molar-refractivity contribution < 1.29 is 13.6 Å². The van der Waals surface area contributed by atoms with Crippen LogP contribution in [0.4, 0.5) is 8.78 Å². The van der Waals surface area contributed by atoms with Gasteiger partial charge in [0.25, 0.3) is 5.91 Å². The molecule has 2 heterocycles. The highest BCUT2D eigenvalue weighted by molar-refractivity contribution is 5.94. The Labute approximate surface area is 120 Å². The maximum atomic E-state index is 13.6. The predicted molar refractivity (Wildman–Crippen MR) is 70.6 cm³/mol. The Morgan fingerprint density at radius 3 is 2.43 bits per heavy atom. The van der Waals surface area contributed by atoms with Crippen molar-refractivity contribution in [1.29, 1.82) is 0 Å². The van der Waals surface area contributed by atoms with Gasteiger partial charge < -0.3 is 4.90 Å². The molecule has 0 atom stereocenters.